The van der Waals surface area contributed by atoms with Crippen LogP contribution in [0, 0.1) is 5.92 Å². The van der Waals surface area contributed by atoms with E-state index in [4.69, 9.17) is 4.42 Å². The van der Waals surface area contributed by atoms with E-state index >= 15 is 0 Å². The van der Waals surface area contributed by atoms with Gasteiger partial charge >= 0.3 is 6.03 Å². The highest BCUT2D eigenvalue weighted by Gasteiger charge is 2.36. The number of piperidine rings is 1. The normalized spacial score (nSPS) is 19.2. The van der Waals surface area contributed by atoms with Crippen LogP contribution in [0.1, 0.15) is 34.2 Å². The molecule has 2 aliphatic heterocycles. The molecule has 0 saturated carbocycles. The number of pyridine rings is 1. The lowest BCUT2D eigenvalue weighted by atomic mass is 9.83. The van der Waals surface area contributed by atoms with E-state index in [1.54, 1.807) is 59.7 Å². The van der Waals surface area contributed by atoms with Crippen LogP contribution in [0.3, 0.4) is 0 Å². The van der Waals surface area contributed by atoms with E-state index in [1.807, 2.05) is 10.6 Å². The lowest BCUT2D eigenvalue weighted by molar-refractivity contribution is 0.0949. The predicted octanol–water partition coefficient (Wildman–Crippen LogP) is 3.02. The quantitative estimate of drug-likeness (QED) is 0.662. The van der Waals surface area contributed by atoms with Gasteiger partial charge in [0.2, 0.25) is 0 Å². The molecule has 164 valence electrons. The number of rotatable bonds is 4. The van der Waals surface area contributed by atoms with E-state index in [2.05, 4.69) is 10.6 Å². The number of benzene rings is 1. The molecule has 0 aliphatic carbocycles. The first kappa shape index (κ1) is 20.1. The second-order valence-corrected chi connectivity index (χ2v) is 8.34. The molecule has 2 atom stereocenters. The summed E-state index contributed by atoms with van der Waals surface area (Å²) < 4.78 is 7.09. The summed E-state index contributed by atoms with van der Waals surface area (Å²) in [7, 11) is 0. The van der Waals surface area contributed by atoms with Crippen LogP contribution in [0.5, 0.6) is 0 Å². The fraction of sp³-hybridized carbons (Fsp3) is 0.292. The minimum atomic E-state index is -0.291. The summed E-state index contributed by atoms with van der Waals surface area (Å²) >= 11 is 0. The topological polar surface area (TPSA) is 96.6 Å². The van der Waals surface area contributed by atoms with Gasteiger partial charge in [-0.3, -0.25) is 9.59 Å². The van der Waals surface area contributed by atoms with Crippen molar-refractivity contribution >= 4 is 17.6 Å². The fourth-order valence-corrected chi connectivity index (χ4v) is 4.72. The zero-order chi connectivity index (χ0) is 22.1. The van der Waals surface area contributed by atoms with Crippen LogP contribution in [0.25, 0.3) is 0 Å². The highest BCUT2D eigenvalue weighted by molar-refractivity contribution is 6.03. The van der Waals surface area contributed by atoms with Gasteiger partial charge in [-0.15, -0.1) is 0 Å². The number of hydrogen-bond acceptors (Lipinski definition) is 4. The maximum Gasteiger partial charge on any atom is 0.321 e. The molecule has 1 fully saturated rings. The highest BCUT2D eigenvalue weighted by atomic mass is 16.3. The van der Waals surface area contributed by atoms with Crippen LogP contribution in [0.2, 0.25) is 0 Å². The fourth-order valence-electron chi connectivity index (χ4n) is 4.72. The molecule has 8 heteroatoms. The number of likely N-dealkylation sites (tertiary alicyclic amines) is 1. The van der Waals surface area contributed by atoms with Crippen LogP contribution >= 0.6 is 0 Å². The Morgan fingerprint density at radius 2 is 1.88 bits per heavy atom. The zero-order valence-corrected chi connectivity index (χ0v) is 17.5. The molecule has 3 amide bonds. The number of carbonyl (C=O) groups excluding carboxylic acids is 2. The SMILES string of the molecule is O=C(NCc1ccco1)c1ccccc1NC(=O)N1CC2CC(C1)c1cccc(=O)n1C2. The lowest BCUT2D eigenvalue weighted by Crippen LogP contribution is -2.50. The summed E-state index contributed by atoms with van der Waals surface area (Å²) in [5.74, 6) is 0.730. The van der Waals surface area contributed by atoms with Gasteiger partial charge in [-0.2, -0.15) is 0 Å². The number of hydrogen-bond donors (Lipinski definition) is 2. The third kappa shape index (κ3) is 3.91. The number of anilines is 1. The molecular formula is C24H24N4O4. The molecule has 3 aromatic rings. The zero-order valence-electron chi connectivity index (χ0n) is 17.5. The van der Waals surface area contributed by atoms with Crippen molar-refractivity contribution in [2.75, 3.05) is 18.4 Å². The number of nitrogens with one attached hydrogen (secondary N) is 2. The average Bonchev–Trinajstić information content (AvgIpc) is 3.32. The molecule has 2 aliphatic rings. The molecule has 8 nitrogen and oxygen atoms in total. The van der Waals surface area contributed by atoms with Crippen LogP contribution in [0.4, 0.5) is 10.5 Å². The molecule has 2 unspecified atom stereocenters. The Morgan fingerprint density at radius 3 is 2.72 bits per heavy atom. The summed E-state index contributed by atoms with van der Waals surface area (Å²) in [5, 5.41) is 5.73. The van der Waals surface area contributed by atoms with E-state index in [-0.39, 0.29) is 35.9 Å². The van der Waals surface area contributed by atoms with Gasteiger partial charge in [0.15, 0.2) is 0 Å². The number of furan rings is 1. The van der Waals surface area contributed by atoms with Gasteiger partial charge in [0, 0.05) is 37.3 Å². The first-order chi connectivity index (χ1) is 15.6. The molecule has 0 spiro atoms. The van der Waals surface area contributed by atoms with Crippen molar-refractivity contribution < 1.29 is 14.0 Å². The summed E-state index contributed by atoms with van der Waals surface area (Å²) in [6, 6.07) is 15.6. The van der Waals surface area contributed by atoms with Gasteiger partial charge in [0.1, 0.15) is 5.76 Å². The second-order valence-electron chi connectivity index (χ2n) is 8.34. The van der Waals surface area contributed by atoms with Crippen molar-refractivity contribution in [3.05, 3.63) is 88.2 Å². The van der Waals surface area contributed by atoms with Gasteiger partial charge in [0.05, 0.1) is 24.1 Å². The molecule has 2 bridgehead atoms. The molecule has 4 heterocycles. The number of para-hydroxylation sites is 1. The van der Waals surface area contributed by atoms with Crippen LogP contribution in [0.15, 0.2) is 70.1 Å². The van der Waals surface area contributed by atoms with Crippen LogP contribution < -0.4 is 16.2 Å². The Balaban J connectivity index is 1.29. The maximum absolute atomic E-state index is 13.1. The number of fused-ring (bicyclic) bond motifs is 4. The summed E-state index contributed by atoms with van der Waals surface area (Å²) in [4.78, 5) is 39.8. The molecule has 32 heavy (non-hydrogen) atoms. The number of carbonyl (C=O) groups is 2. The Hall–Kier alpha value is -3.81. The van der Waals surface area contributed by atoms with Crippen molar-refractivity contribution in [3.8, 4) is 0 Å². The summed E-state index contributed by atoms with van der Waals surface area (Å²) in [6.07, 6.45) is 2.53. The van der Waals surface area contributed by atoms with Gasteiger partial charge in [-0.25, -0.2) is 4.79 Å². The Labute approximate surface area is 184 Å². The van der Waals surface area contributed by atoms with Gasteiger partial charge in [-0.1, -0.05) is 18.2 Å². The monoisotopic (exact) mass is 432 g/mol. The Morgan fingerprint density at radius 1 is 1.00 bits per heavy atom. The van der Waals surface area contributed by atoms with E-state index in [0.29, 0.717) is 36.6 Å². The minimum absolute atomic E-state index is 0.0181. The third-order valence-electron chi connectivity index (χ3n) is 6.18. The highest BCUT2D eigenvalue weighted by Crippen LogP contribution is 2.35. The lowest BCUT2D eigenvalue weighted by Gasteiger charge is -2.42. The molecular weight excluding hydrogens is 408 g/mol. The number of aromatic nitrogens is 1. The number of amides is 3. The largest absolute Gasteiger partial charge is 0.467 e. The first-order valence-electron chi connectivity index (χ1n) is 10.7. The van der Waals surface area contributed by atoms with E-state index in [1.165, 1.54) is 0 Å². The number of nitrogens with zero attached hydrogens (tertiary/aromatic N) is 2. The molecule has 5 rings (SSSR count). The van der Waals surface area contributed by atoms with Gasteiger partial charge in [0.25, 0.3) is 11.5 Å². The summed E-state index contributed by atoms with van der Waals surface area (Å²) in [6.45, 7) is 2.01. The van der Waals surface area contributed by atoms with Crippen molar-refractivity contribution in [1.29, 1.82) is 0 Å². The average molecular weight is 432 g/mol. The predicted molar refractivity (Wildman–Crippen MR) is 118 cm³/mol. The van der Waals surface area contributed by atoms with Gasteiger partial charge < -0.3 is 24.5 Å². The van der Waals surface area contributed by atoms with Crippen molar-refractivity contribution in [3.63, 3.8) is 0 Å². The van der Waals surface area contributed by atoms with Crippen molar-refractivity contribution in [2.45, 2.75) is 25.4 Å². The first-order valence-corrected chi connectivity index (χ1v) is 10.7. The van der Waals surface area contributed by atoms with Crippen LogP contribution in [-0.4, -0.2) is 34.5 Å². The molecule has 1 saturated heterocycles. The smallest absolute Gasteiger partial charge is 0.321 e. The third-order valence-corrected chi connectivity index (χ3v) is 6.18. The molecule has 2 aromatic heterocycles. The Bertz CT molecular complexity index is 1200. The van der Waals surface area contributed by atoms with E-state index < -0.39 is 0 Å². The standard InChI is InChI=1S/C24H24N4O4/c29-22-9-3-8-21-17-11-16(14-28(21)22)13-27(15-17)24(31)26-20-7-2-1-6-19(20)23(30)25-12-18-5-4-10-32-18/h1-10,16-17H,11-15H2,(H,25,30)(H,26,31). The van der Waals surface area contributed by atoms with E-state index in [0.717, 1.165) is 12.1 Å². The van der Waals surface area contributed by atoms with Crippen molar-refractivity contribution in [2.24, 2.45) is 5.92 Å². The molecule has 0 radical (unpaired) electrons. The minimum Gasteiger partial charge on any atom is -0.467 e. The molecule has 1 aromatic carbocycles. The number of urea groups is 1. The van der Waals surface area contributed by atoms with Crippen LogP contribution in [-0.2, 0) is 13.1 Å². The van der Waals surface area contributed by atoms with E-state index in [9.17, 15) is 14.4 Å². The van der Waals surface area contributed by atoms with Crippen molar-refractivity contribution in [1.82, 2.24) is 14.8 Å². The van der Waals surface area contributed by atoms with Gasteiger partial charge in [-0.05, 0) is 42.7 Å². The summed E-state index contributed by atoms with van der Waals surface area (Å²) in [5.41, 5.74) is 1.86. The maximum atomic E-state index is 13.1. The molecule has 2 N–H and O–H groups in total. The Kier molecular flexibility index (Phi) is 5.26. The second kappa shape index (κ2) is 8.37.